The van der Waals surface area contributed by atoms with E-state index in [1.54, 1.807) is 6.21 Å². The van der Waals surface area contributed by atoms with Crippen LogP contribution in [-0.2, 0) is 4.74 Å². The third-order valence-electron chi connectivity index (χ3n) is 6.71. The Kier molecular flexibility index (Phi) is 7.17. The number of fused-ring (bicyclic) bond motifs is 1. The highest BCUT2D eigenvalue weighted by atomic mass is 16.6. The minimum atomic E-state index is -1.25. The molecular weight excluding hydrogens is 510 g/mol. The van der Waals surface area contributed by atoms with Crippen LogP contribution in [0.15, 0.2) is 103 Å². The van der Waals surface area contributed by atoms with E-state index in [0.29, 0.717) is 17.0 Å². The van der Waals surface area contributed by atoms with Crippen molar-refractivity contribution in [2.24, 2.45) is 5.10 Å². The molecule has 0 amide bonds. The Morgan fingerprint density at radius 2 is 1.50 bits per heavy atom. The van der Waals surface area contributed by atoms with E-state index in [1.165, 1.54) is 17.2 Å². The molecule has 1 aliphatic rings. The number of aromatic nitrogens is 4. The van der Waals surface area contributed by atoms with E-state index in [2.05, 4.69) is 54.6 Å². The van der Waals surface area contributed by atoms with Crippen molar-refractivity contribution in [2.75, 3.05) is 16.9 Å². The molecule has 1 saturated heterocycles. The van der Waals surface area contributed by atoms with Gasteiger partial charge in [-0.2, -0.15) is 5.10 Å². The molecular formula is C29H27N7O4. The fourth-order valence-electron chi connectivity index (χ4n) is 4.71. The summed E-state index contributed by atoms with van der Waals surface area (Å²) in [5, 5.41) is 34.2. The van der Waals surface area contributed by atoms with E-state index in [0.717, 1.165) is 22.6 Å². The van der Waals surface area contributed by atoms with Crippen LogP contribution in [0.1, 0.15) is 11.8 Å². The number of aliphatic hydroxyl groups excluding tert-OH is 3. The van der Waals surface area contributed by atoms with Crippen molar-refractivity contribution in [2.45, 2.75) is 24.5 Å². The summed E-state index contributed by atoms with van der Waals surface area (Å²) in [5.41, 5.74) is 7.70. The molecule has 0 bridgehead atoms. The minimum absolute atomic E-state index is 0.364. The summed E-state index contributed by atoms with van der Waals surface area (Å²) in [7, 11) is 0. The number of hydrogen-bond acceptors (Lipinski definition) is 10. The van der Waals surface area contributed by atoms with Crippen LogP contribution in [0, 0.1) is 0 Å². The molecule has 1 aliphatic heterocycles. The lowest BCUT2D eigenvalue weighted by atomic mass is 10.1. The van der Waals surface area contributed by atoms with Gasteiger partial charge in [0.2, 0.25) is 0 Å². The normalized spacial score (nSPS) is 20.8. The fraction of sp³-hybridized carbons (Fsp3) is 0.172. The molecule has 3 aromatic carbocycles. The molecule has 6 rings (SSSR count). The van der Waals surface area contributed by atoms with Crippen LogP contribution in [-0.4, -0.2) is 66.0 Å². The lowest BCUT2D eigenvalue weighted by Gasteiger charge is -2.25. The molecule has 11 heteroatoms. The number of anilines is 4. The zero-order chi connectivity index (χ0) is 27.5. The Morgan fingerprint density at radius 3 is 2.12 bits per heavy atom. The Hall–Kier alpha value is -4.68. The SMILES string of the molecule is OCC1OC(n2cnc3c(N/N=C/c4ccc(N(c5ccccc5)c5ccccc5)cc4)ncnc32)C(O)C1O. The van der Waals surface area contributed by atoms with Crippen LogP contribution >= 0.6 is 0 Å². The zero-order valence-electron chi connectivity index (χ0n) is 21.3. The van der Waals surface area contributed by atoms with Crippen LogP contribution in [0.5, 0.6) is 0 Å². The van der Waals surface area contributed by atoms with E-state index in [-0.39, 0.29) is 0 Å². The maximum atomic E-state index is 10.4. The van der Waals surface area contributed by atoms with Gasteiger partial charge in [-0.15, -0.1) is 0 Å². The molecule has 40 heavy (non-hydrogen) atoms. The van der Waals surface area contributed by atoms with Gasteiger partial charge in [0, 0.05) is 17.1 Å². The number of ether oxygens (including phenoxy) is 1. The summed E-state index contributed by atoms with van der Waals surface area (Å²) in [4.78, 5) is 15.0. The molecule has 0 saturated carbocycles. The predicted octanol–water partition coefficient (Wildman–Crippen LogP) is 3.35. The molecule has 5 aromatic rings. The first-order valence-electron chi connectivity index (χ1n) is 12.7. The Morgan fingerprint density at radius 1 is 0.850 bits per heavy atom. The number of rotatable bonds is 8. The second-order valence-electron chi connectivity index (χ2n) is 9.24. The molecule has 3 heterocycles. The summed E-state index contributed by atoms with van der Waals surface area (Å²) in [6.07, 6.45) is 0.135. The lowest BCUT2D eigenvalue weighted by Crippen LogP contribution is -2.33. The van der Waals surface area contributed by atoms with E-state index < -0.39 is 31.1 Å². The number of hydrazone groups is 1. The smallest absolute Gasteiger partial charge is 0.177 e. The van der Waals surface area contributed by atoms with Crippen LogP contribution in [0.2, 0.25) is 0 Å². The number of nitrogens with one attached hydrogen (secondary N) is 1. The highest BCUT2D eigenvalue weighted by molar-refractivity contribution is 5.85. The number of hydrogen-bond donors (Lipinski definition) is 4. The van der Waals surface area contributed by atoms with Crippen LogP contribution in [0.4, 0.5) is 22.9 Å². The zero-order valence-corrected chi connectivity index (χ0v) is 21.3. The van der Waals surface area contributed by atoms with Gasteiger partial charge in [-0.25, -0.2) is 15.0 Å². The van der Waals surface area contributed by atoms with E-state index in [4.69, 9.17) is 4.74 Å². The van der Waals surface area contributed by atoms with Gasteiger partial charge in [0.25, 0.3) is 0 Å². The average Bonchev–Trinajstić information content (AvgIpc) is 3.56. The largest absolute Gasteiger partial charge is 0.394 e. The first kappa shape index (κ1) is 25.6. The van der Waals surface area contributed by atoms with Crippen molar-refractivity contribution in [1.82, 2.24) is 19.5 Å². The van der Waals surface area contributed by atoms with Gasteiger partial charge in [-0.1, -0.05) is 48.5 Å². The highest BCUT2D eigenvalue weighted by Crippen LogP contribution is 2.34. The molecule has 0 radical (unpaired) electrons. The average molecular weight is 538 g/mol. The monoisotopic (exact) mass is 537 g/mol. The Balaban J connectivity index is 1.20. The molecule has 4 atom stereocenters. The van der Waals surface area contributed by atoms with Gasteiger partial charge in [-0.3, -0.25) is 9.99 Å². The topological polar surface area (TPSA) is 141 Å². The summed E-state index contributed by atoms with van der Waals surface area (Å²) in [5.74, 6) is 0.364. The first-order chi connectivity index (χ1) is 19.6. The number of nitrogens with zero attached hydrogens (tertiary/aromatic N) is 6. The third-order valence-corrected chi connectivity index (χ3v) is 6.71. The molecule has 4 N–H and O–H groups in total. The van der Waals surface area contributed by atoms with Crippen molar-refractivity contribution in [3.8, 4) is 0 Å². The molecule has 11 nitrogen and oxygen atoms in total. The van der Waals surface area contributed by atoms with Gasteiger partial charge in [0.15, 0.2) is 23.2 Å². The van der Waals surface area contributed by atoms with Crippen LogP contribution in [0.25, 0.3) is 11.2 Å². The summed E-state index contributed by atoms with van der Waals surface area (Å²) in [6.45, 7) is -0.421. The molecule has 0 aliphatic carbocycles. The quantitative estimate of drug-likeness (QED) is 0.173. The molecule has 1 fully saturated rings. The van der Waals surface area contributed by atoms with E-state index >= 15 is 0 Å². The van der Waals surface area contributed by atoms with Crippen molar-refractivity contribution >= 4 is 40.3 Å². The lowest BCUT2D eigenvalue weighted by molar-refractivity contribution is -0.0511. The minimum Gasteiger partial charge on any atom is -0.394 e. The van der Waals surface area contributed by atoms with Crippen LogP contribution in [0.3, 0.4) is 0 Å². The maximum absolute atomic E-state index is 10.4. The standard InChI is InChI=1S/C29H27N7O4/c37-16-23-25(38)26(39)29(40-23)35-18-32-24-27(30-17-31-28(24)35)34-33-15-19-11-13-22(14-12-19)36(20-7-3-1-4-8-20)21-9-5-2-6-10-21/h1-15,17-18,23,25-26,29,37-39H,16H2,(H,30,31,34)/b33-15+. The number of aliphatic hydroxyl groups is 3. The second kappa shape index (κ2) is 11.2. The van der Waals surface area contributed by atoms with Crippen molar-refractivity contribution in [3.63, 3.8) is 0 Å². The Labute approximate surface area is 229 Å². The molecule has 2 aromatic heterocycles. The number of para-hydroxylation sites is 2. The van der Waals surface area contributed by atoms with Crippen molar-refractivity contribution in [3.05, 3.63) is 103 Å². The highest BCUT2D eigenvalue weighted by Gasteiger charge is 2.44. The first-order valence-corrected chi connectivity index (χ1v) is 12.7. The predicted molar refractivity (Wildman–Crippen MR) is 151 cm³/mol. The van der Waals surface area contributed by atoms with Gasteiger partial charge in [0.1, 0.15) is 24.6 Å². The molecule has 4 unspecified atom stereocenters. The van der Waals surface area contributed by atoms with Crippen molar-refractivity contribution < 1.29 is 20.1 Å². The van der Waals surface area contributed by atoms with Gasteiger partial charge in [-0.05, 0) is 42.0 Å². The van der Waals surface area contributed by atoms with Gasteiger partial charge < -0.3 is 25.0 Å². The number of imidazole rings is 1. The molecule has 202 valence electrons. The second-order valence-corrected chi connectivity index (χ2v) is 9.24. The summed E-state index contributed by atoms with van der Waals surface area (Å²) < 4.78 is 7.11. The van der Waals surface area contributed by atoms with Crippen molar-refractivity contribution in [1.29, 1.82) is 0 Å². The van der Waals surface area contributed by atoms with E-state index in [9.17, 15) is 15.3 Å². The van der Waals surface area contributed by atoms with E-state index in [1.807, 2.05) is 60.7 Å². The summed E-state index contributed by atoms with van der Waals surface area (Å²) >= 11 is 0. The fourth-order valence-corrected chi connectivity index (χ4v) is 4.71. The molecule has 0 spiro atoms. The van der Waals surface area contributed by atoms with Crippen LogP contribution < -0.4 is 10.3 Å². The maximum Gasteiger partial charge on any atom is 0.177 e. The third kappa shape index (κ3) is 4.90. The Bertz CT molecular complexity index is 1560. The van der Waals surface area contributed by atoms with Gasteiger partial charge in [0.05, 0.1) is 19.1 Å². The number of benzene rings is 3. The van der Waals surface area contributed by atoms with Gasteiger partial charge >= 0.3 is 0 Å². The summed E-state index contributed by atoms with van der Waals surface area (Å²) in [6, 6.07) is 28.4.